The van der Waals surface area contributed by atoms with E-state index in [1.165, 1.54) is 0 Å². The van der Waals surface area contributed by atoms with Crippen molar-refractivity contribution in [2.45, 2.75) is 71.6 Å². The van der Waals surface area contributed by atoms with E-state index in [2.05, 4.69) is 67.7 Å². The van der Waals surface area contributed by atoms with Crippen LogP contribution in [0.4, 0.5) is 0 Å². The molecule has 0 aliphatic carbocycles. The zero-order valence-corrected chi connectivity index (χ0v) is 16.6. The van der Waals surface area contributed by atoms with Gasteiger partial charge < -0.3 is 5.11 Å². The Bertz CT molecular complexity index is 516. The molecule has 0 amide bonds. The molecule has 0 saturated carbocycles. The summed E-state index contributed by atoms with van der Waals surface area (Å²) in [6.07, 6.45) is 32.3. The maximum absolute atomic E-state index is 10.8. The van der Waals surface area contributed by atoms with E-state index in [4.69, 9.17) is 5.11 Å². The van der Waals surface area contributed by atoms with E-state index < -0.39 is 5.97 Å². The Kier molecular flexibility index (Phi) is 17.7. The number of hydrogen-bond donors (Lipinski definition) is 1. The Balaban J connectivity index is 3.63. The molecule has 0 aliphatic rings. The molecule has 144 valence electrons. The number of unbranched alkanes of at least 4 members (excludes halogenated alkanes) is 2. The molecule has 0 fully saturated rings. The number of carboxylic acids is 1. The van der Waals surface area contributed by atoms with Gasteiger partial charge in [-0.1, -0.05) is 80.7 Å². The van der Waals surface area contributed by atoms with Crippen LogP contribution in [-0.2, 0) is 4.79 Å². The van der Waals surface area contributed by atoms with Crippen LogP contribution in [0.3, 0.4) is 0 Å². The van der Waals surface area contributed by atoms with Crippen molar-refractivity contribution in [3.05, 3.63) is 72.4 Å². The van der Waals surface area contributed by atoms with E-state index in [-0.39, 0.29) is 0 Å². The van der Waals surface area contributed by atoms with Gasteiger partial charge in [-0.3, -0.25) is 0 Å². The molecule has 0 unspecified atom stereocenters. The lowest BCUT2D eigenvalue weighted by Gasteiger charge is -1.97. The highest BCUT2D eigenvalue weighted by atomic mass is 16.4. The van der Waals surface area contributed by atoms with Gasteiger partial charge in [0.1, 0.15) is 0 Å². The van der Waals surface area contributed by atoms with Crippen molar-refractivity contribution in [2.24, 2.45) is 0 Å². The summed E-state index contributed by atoms with van der Waals surface area (Å²) in [5.41, 5.74) is 0.522. The minimum atomic E-state index is -0.789. The smallest absolute Gasteiger partial charge is 0.331 e. The monoisotopic (exact) mass is 356 g/mol. The summed E-state index contributed by atoms with van der Waals surface area (Å²) < 4.78 is 0. The fourth-order valence-electron chi connectivity index (χ4n) is 2.26. The van der Waals surface area contributed by atoms with Crippen LogP contribution in [0.5, 0.6) is 0 Å². The lowest BCUT2D eigenvalue weighted by molar-refractivity contribution is -0.132. The predicted octanol–water partition coefficient (Wildman–Crippen LogP) is 7.33. The Morgan fingerprint density at radius 1 is 0.692 bits per heavy atom. The first-order valence-electron chi connectivity index (χ1n) is 9.89. The Morgan fingerprint density at radius 2 is 1.15 bits per heavy atom. The SMILES string of the molecule is CCC=CCC=CCC=CCC=CCC=CCCCC=C(CC)C(=O)O. The van der Waals surface area contributed by atoms with Gasteiger partial charge in [0.05, 0.1) is 0 Å². The number of rotatable bonds is 15. The molecular weight excluding hydrogens is 320 g/mol. The molecule has 0 aromatic carbocycles. The molecule has 0 heterocycles. The Morgan fingerprint density at radius 3 is 1.58 bits per heavy atom. The Labute approximate surface area is 160 Å². The van der Waals surface area contributed by atoms with Crippen molar-refractivity contribution in [3.63, 3.8) is 0 Å². The van der Waals surface area contributed by atoms with Crippen molar-refractivity contribution in [3.8, 4) is 0 Å². The van der Waals surface area contributed by atoms with Gasteiger partial charge in [-0.25, -0.2) is 4.79 Å². The molecule has 0 aromatic rings. The minimum Gasteiger partial charge on any atom is -0.478 e. The standard InChI is InChI=1S/C24H36O2/c1-3-5-6-7-8-9-10-11-12-13-14-15-16-17-18-19-20-21-22-23(4-2)24(25)26/h5-6,8-9,11-12,14-15,17-18,22H,3-4,7,10,13,16,19-21H2,1-2H3,(H,25,26). The van der Waals surface area contributed by atoms with Gasteiger partial charge >= 0.3 is 5.97 Å². The third-order valence-electron chi connectivity index (χ3n) is 3.78. The topological polar surface area (TPSA) is 37.3 Å². The highest BCUT2D eigenvalue weighted by Gasteiger charge is 2.01. The molecule has 1 N–H and O–H groups in total. The first kappa shape index (κ1) is 23.9. The summed E-state index contributed by atoms with van der Waals surface area (Å²) in [6.45, 7) is 4.03. The maximum Gasteiger partial charge on any atom is 0.331 e. The summed E-state index contributed by atoms with van der Waals surface area (Å²) in [6, 6.07) is 0. The van der Waals surface area contributed by atoms with Crippen LogP contribution < -0.4 is 0 Å². The predicted molar refractivity (Wildman–Crippen MR) is 114 cm³/mol. The van der Waals surface area contributed by atoms with E-state index in [0.717, 1.165) is 51.4 Å². The number of hydrogen-bond acceptors (Lipinski definition) is 1. The molecule has 2 heteroatoms. The minimum absolute atomic E-state index is 0.522. The average molecular weight is 357 g/mol. The quantitative estimate of drug-likeness (QED) is 0.189. The largest absolute Gasteiger partial charge is 0.478 e. The molecule has 0 spiro atoms. The van der Waals surface area contributed by atoms with Crippen molar-refractivity contribution >= 4 is 5.97 Å². The summed E-state index contributed by atoms with van der Waals surface area (Å²) >= 11 is 0. The molecule has 0 rings (SSSR count). The highest BCUT2D eigenvalue weighted by Crippen LogP contribution is 2.06. The molecular formula is C24H36O2. The maximum atomic E-state index is 10.8. The number of aliphatic carboxylic acids is 1. The van der Waals surface area contributed by atoms with Crippen LogP contribution in [0.2, 0.25) is 0 Å². The molecule has 0 saturated heterocycles. The van der Waals surface area contributed by atoms with Crippen LogP contribution in [-0.4, -0.2) is 11.1 Å². The van der Waals surface area contributed by atoms with Crippen molar-refractivity contribution in [1.29, 1.82) is 0 Å². The van der Waals surface area contributed by atoms with Crippen LogP contribution in [0.15, 0.2) is 72.4 Å². The zero-order valence-electron chi connectivity index (χ0n) is 16.6. The van der Waals surface area contributed by atoms with Crippen molar-refractivity contribution in [1.82, 2.24) is 0 Å². The second-order valence-corrected chi connectivity index (χ2v) is 6.03. The molecule has 0 aromatic heterocycles. The van der Waals surface area contributed by atoms with E-state index in [1.807, 2.05) is 13.0 Å². The van der Waals surface area contributed by atoms with Crippen molar-refractivity contribution < 1.29 is 9.90 Å². The van der Waals surface area contributed by atoms with E-state index in [9.17, 15) is 4.79 Å². The van der Waals surface area contributed by atoms with Crippen LogP contribution >= 0.6 is 0 Å². The number of carbonyl (C=O) groups is 1. The van der Waals surface area contributed by atoms with E-state index in [1.54, 1.807) is 0 Å². The van der Waals surface area contributed by atoms with Gasteiger partial charge in [0, 0.05) is 5.57 Å². The second-order valence-electron chi connectivity index (χ2n) is 6.03. The average Bonchev–Trinajstić information content (AvgIpc) is 2.63. The summed E-state index contributed by atoms with van der Waals surface area (Å²) in [4.78, 5) is 10.8. The van der Waals surface area contributed by atoms with E-state index in [0.29, 0.717) is 12.0 Å². The van der Waals surface area contributed by atoms with Crippen molar-refractivity contribution in [2.75, 3.05) is 0 Å². The first-order chi connectivity index (χ1) is 12.7. The fourth-order valence-corrected chi connectivity index (χ4v) is 2.26. The summed E-state index contributed by atoms with van der Waals surface area (Å²) in [5.74, 6) is -0.789. The second kappa shape index (κ2) is 19.2. The van der Waals surface area contributed by atoms with Crippen LogP contribution in [0.25, 0.3) is 0 Å². The Hall–Kier alpha value is -2.09. The highest BCUT2D eigenvalue weighted by molar-refractivity contribution is 5.86. The summed E-state index contributed by atoms with van der Waals surface area (Å²) in [7, 11) is 0. The molecule has 2 nitrogen and oxygen atoms in total. The van der Waals surface area contributed by atoms with Gasteiger partial charge in [0.25, 0.3) is 0 Å². The molecule has 0 bridgehead atoms. The third kappa shape index (κ3) is 16.8. The van der Waals surface area contributed by atoms with Crippen LogP contribution in [0, 0.1) is 0 Å². The molecule has 0 aliphatic heterocycles. The third-order valence-corrected chi connectivity index (χ3v) is 3.78. The zero-order chi connectivity index (χ0) is 19.3. The number of allylic oxidation sites excluding steroid dienone is 11. The summed E-state index contributed by atoms with van der Waals surface area (Å²) in [5, 5.41) is 8.92. The number of carboxylic acid groups (broad SMARTS) is 1. The molecule has 0 radical (unpaired) electrons. The van der Waals surface area contributed by atoms with Gasteiger partial charge in [0.2, 0.25) is 0 Å². The van der Waals surface area contributed by atoms with Crippen LogP contribution in [0.1, 0.15) is 71.6 Å². The lowest BCUT2D eigenvalue weighted by Crippen LogP contribution is -1.98. The molecule has 26 heavy (non-hydrogen) atoms. The van der Waals surface area contributed by atoms with E-state index >= 15 is 0 Å². The lowest BCUT2D eigenvalue weighted by atomic mass is 10.1. The molecule has 0 atom stereocenters. The van der Waals surface area contributed by atoms with Gasteiger partial charge in [-0.2, -0.15) is 0 Å². The van der Waals surface area contributed by atoms with Gasteiger partial charge in [-0.15, -0.1) is 0 Å². The van der Waals surface area contributed by atoms with Gasteiger partial charge in [-0.05, 0) is 57.8 Å². The van der Waals surface area contributed by atoms with Gasteiger partial charge in [0.15, 0.2) is 0 Å². The fraction of sp³-hybridized carbons (Fsp3) is 0.458. The first-order valence-corrected chi connectivity index (χ1v) is 9.89. The normalized spacial score (nSPS) is 13.4.